The molecule has 1 atom stereocenters. The van der Waals surface area contributed by atoms with Crippen molar-refractivity contribution in [1.82, 2.24) is 0 Å². The number of hydrogen-bond donors (Lipinski definition) is 0. The molecule has 0 saturated carbocycles. The largest absolute Gasteiger partial charge is 0.481 e. The van der Waals surface area contributed by atoms with Crippen LogP contribution in [0, 0.1) is 10.1 Å². The molecule has 1 aliphatic heterocycles. The van der Waals surface area contributed by atoms with Crippen molar-refractivity contribution in [1.29, 1.82) is 0 Å². The molecule has 17 heavy (non-hydrogen) atoms. The van der Waals surface area contributed by atoms with Gasteiger partial charge in [-0.25, -0.2) is 0 Å². The third kappa shape index (κ3) is 2.01. The average Bonchev–Trinajstić information content (AvgIpc) is 2.28. The number of hydrogen-bond acceptors (Lipinski definition) is 5. The van der Waals surface area contributed by atoms with Crippen LogP contribution in [0.1, 0.15) is 23.7 Å². The Kier molecular flexibility index (Phi) is 2.63. The highest BCUT2D eigenvalue weighted by atomic mass is 16.6. The molecule has 1 unspecified atom stereocenters. The molecule has 0 aliphatic carbocycles. The lowest BCUT2D eigenvalue weighted by atomic mass is 9.98. The molecule has 1 aromatic rings. The number of rotatable bonds is 2. The molecule has 0 spiro atoms. The summed E-state index contributed by atoms with van der Waals surface area (Å²) >= 11 is 0. The van der Waals surface area contributed by atoms with E-state index in [9.17, 15) is 19.7 Å². The molecule has 0 aromatic heterocycles. The van der Waals surface area contributed by atoms with Crippen LogP contribution in [0.25, 0.3) is 0 Å². The molecule has 1 heterocycles. The van der Waals surface area contributed by atoms with Crippen LogP contribution in [0.4, 0.5) is 5.69 Å². The van der Waals surface area contributed by atoms with Gasteiger partial charge in [0.25, 0.3) is 5.69 Å². The van der Waals surface area contributed by atoms with Gasteiger partial charge in [0.05, 0.1) is 16.9 Å². The molecule has 0 saturated heterocycles. The van der Waals surface area contributed by atoms with E-state index in [0.29, 0.717) is 0 Å². The monoisotopic (exact) mass is 235 g/mol. The Morgan fingerprint density at radius 2 is 2.24 bits per heavy atom. The van der Waals surface area contributed by atoms with E-state index >= 15 is 0 Å². The van der Waals surface area contributed by atoms with Crippen LogP contribution in [-0.2, 0) is 4.79 Å². The summed E-state index contributed by atoms with van der Waals surface area (Å²) in [4.78, 5) is 32.9. The second kappa shape index (κ2) is 3.97. The van der Waals surface area contributed by atoms with Crippen molar-refractivity contribution in [2.45, 2.75) is 19.4 Å². The first-order valence-corrected chi connectivity index (χ1v) is 4.98. The minimum absolute atomic E-state index is 0.0660. The fourth-order valence-corrected chi connectivity index (χ4v) is 1.65. The Balaban J connectivity index is 2.42. The van der Waals surface area contributed by atoms with Gasteiger partial charge in [0.2, 0.25) is 0 Å². The normalized spacial score (nSPS) is 18.2. The predicted molar refractivity (Wildman–Crippen MR) is 57.1 cm³/mol. The molecule has 2 rings (SSSR count). The van der Waals surface area contributed by atoms with Crippen molar-refractivity contribution >= 4 is 17.3 Å². The second-order valence-corrected chi connectivity index (χ2v) is 3.78. The molecule has 6 nitrogen and oxygen atoms in total. The maximum absolute atomic E-state index is 11.7. The fraction of sp³-hybridized carbons (Fsp3) is 0.273. The SMILES string of the molecule is CC(=O)C1CC(=O)c2cc([N+](=O)[O-])ccc2O1. The maximum Gasteiger partial charge on any atom is 0.270 e. The summed E-state index contributed by atoms with van der Waals surface area (Å²) in [5, 5.41) is 10.6. The van der Waals surface area contributed by atoms with Crippen LogP contribution in [0.2, 0.25) is 0 Å². The van der Waals surface area contributed by atoms with Crippen molar-refractivity contribution in [3.05, 3.63) is 33.9 Å². The molecule has 0 radical (unpaired) electrons. The van der Waals surface area contributed by atoms with Gasteiger partial charge in [-0.2, -0.15) is 0 Å². The summed E-state index contributed by atoms with van der Waals surface area (Å²) < 4.78 is 5.31. The molecule has 6 heteroatoms. The molecule has 1 aliphatic rings. The van der Waals surface area contributed by atoms with E-state index in [1.54, 1.807) is 0 Å². The summed E-state index contributed by atoms with van der Waals surface area (Å²) in [7, 11) is 0. The van der Waals surface area contributed by atoms with Gasteiger partial charge in [-0.3, -0.25) is 19.7 Å². The topological polar surface area (TPSA) is 86.5 Å². The van der Waals surface area contributed by atoms with Gasteiger partial charge >= 0.3 is 0 Å². The Morgan fingerprint density at radius 3 is 2.82 bits per heavy atom. The molecule has 88 valence electrons. The Bertz CT molecular complexity index is 523. The fourth-order valence-electron chi connectivity index (χ4n) is 1.65. The van der Waals surface area contributed by atoms with Crippen LogP contribution in [0.15, 0.2) is 18.2 Å². The number of fused-ring (bicyclic) bond motifs is 1. The number of nitrogens with zero attached hydrogens (tertiary/aromatic N) is 1. The first kappa shape index (κ1) is 11.3. The lowest BCUT2D eigenvalue weighted by Gasteiger charge is -2.22. The van der Waals surface area contributed by atoms with E-state index < -0.39 is 11.0 Å². The number of Topliss-reactive ketones (excluding diaryl/α,β-unsaturated/α-hetero) is 2. The van der Waals surface area contributed by atoms with E-state index in [1.165, 1.54) is 25.1 Å². The quantitative estimate of drug-likeness (QED) is 0.572. The van der Waals surface area contributed by atoms with Crippen molar-refractivity contribution in [3.8, 4) is 5.75 Å². The van der Waals surface area contributed by atoms with Gasteiger partial charge in [0, 0.05) is 12.1 Å². The van der Waals surface area contributed by atoms with Gasteiger partial charge in [-0.1, -0.05) is 0 Å². The zero-order chi connectivity index (χ0) is 12.6. The van der Waals surface area contributed by atoms with E-state index in [4.69, 9.17) is 4.74 Å². The number of ether oxygens (including phenoxy) is 1. The number of benzene rings is 1. The smallest absolute Gasteiger partial charge is 0.270 e. The molecular formula is C11H9NO5. The standard InChI is InChI=1S/C11H9NO5/c1-6(13)11-5-9(14)8-4-7(12(15)16)2-3-10(8)17-11/h2-4,11H,5H2,1H3. The Labute approximate surface area is 96.3 Å². The minimum atomic E-state index is -0.781. The first-order valence-electron chi connectivity index (χ1n) is 4.98. The highest BCUT2D eigenvalue weighted by Gasteiger charge is 2.30. The lowest BCUT2D eigenvalue weighted by molar-refractivity contribution is -0.384. The number of ketones is 2. The number of nitro groups is 1. The first-order chi connectivity index (χ1) is 7.99. The van der Waals surface area contributed by atoms with Crippen molar-refractivity contribution in [2.24, 2.45) is 0 Å². The summed E-state index contributed by atoms with van der Waals surface area (Å²) in [6.07, 6.45) is -0.847. The van der Waals surface area contributed by atoms with E-state index in [2.05, 4.69) is 0 Å². The van der Waals surface area contributed by atoms with Gasteiger partial charge in [-0.05, 0) is 13.0 Å². The molecular weight excluding hydrogens is 226 g/mol. The Morgan fingerprint density at radius 1 is 1.53 bits per heavy atom. The van der Waals surface area contributed by atoms with Crippen molar-refractivity contribution < 1.29 is 19.2 Å². The van der Waals surface area contributed by atoms with E-state index in [1.807, 2.05) is 0 Å². The van der Waals surface area contributed by atoms with Gasteiger partial charge in [-0.15, -0.1) is 0 Å². The van der Waals surface area contributed by atoms with E-state index in [0.717, 1.165) is 0 Å². The zero-order valence-corrected chi connectivity index (χ0v) is 9.00. The Hall–Kier alpha value is -2.24. The van der Waals surface area contributed by atoms with Gasteiger partial charge < -0.3 is 4.74 Å². The van der Waals surface area contributed by atoms with E-state index in [-0.39, 0.29) is 35.0 Å². The van der Waals surface area contributed by atoms with Crippen LogP contribution in [0.3, 0.4) is 0 Å². The van der Waals surface area contributed by atoms with Gasteiger partial charge in [0.1, 0.15) is 5.75 Å². The zero-order valence-electron chi connectivity index (χ0n) is 9.00. The van der Waals surface area contributed by atoms with Crippen LogP contribution in [-0.4, -0.2) is 22.6 Å². The molecule has 0 fully saturated rings. The number of carbonyl (C=O) groups is 2. The second-order valence-electron chi connectivity index (χ2n) is 3.78. The highest BCUT2D eigenvalue weighted by Crippen LogP contribution is 2.30. The highest BCUT2D eigenvalue weighted by molar-refractivity contribution is 6.03. The maximum atomic E-state index is 11.7. The van der Waals surface area contributed by atoms with Crippen LogP contribution >= 0.6 is 0 Å². The number of non-ortho nitro benzene ring substituents is 1. The number of nitro benzene ring substituents is 1. The van der Waals surface area contributed by atoms with Gasteiger partial charge in [0.15, 0.2) is 17.7 Å². The molecule has 0 amide bonds. The third-order valence-corrected chi connectivity index (χ3v) is 2.57. The van der Waals surface area contributed by atoms with Crippen molar-refractivity contribution in [2.75, 3.05) is 0 Å². The van der Waals surface area contributed by atoms with Crippen LogP contribution < -0.4 is 4.74 Å². The molecule has 0 bridgehead atoms. The average molecular weight is 235 g/mol. The van der Waals surface area contributed by atoms with Crippen molar-refractivity contribution in [3.63, 3.8) is 0 Å². The number of carbonyl (C=O) groups excluding carboxylic acids is 2. The molecule has 0 N–H and O–H groups in total. The van der Waals surface area contributed by atoms with Crippen LogP contribution in [0.5, 0.6) is 5.75 Å². The predicted octanol–water partition coefficient (Wildman–Crippen LogP) is 1.52. The molecule has 1 aromatic carbocycles. The summed E-state index contributed by atoms with van der Waals surface area (Å²) in [5.74, 6) is -0.315. The lowest BCUT2D eigenvalue weighted by Crippen LogP contribution is -2.32. The third-order valence-electron chi connectivity index (χ3n) is 2.57. The minimum Gasteiger partial charge on any atom is -0.481 e. The summed E-state index contributed by atoms with van der Waals surface area (Å²) in [5.41, 5.74) is -0.00123. The summed E-state index contributed by atoms with van der Waals surface area (Å²) in [6.45, 7) is 1.34. The summed E-state index contributed by atoms with van der Waals surface area (Å²) in [6, 6.07) is 3.77.